The molecule has 0 bridgehead atoms. The van der Waals surface area contributed by atoms with E-state index in [1.165, 1.54) is 25.7 Å². The van der Waals surface area contributed by atoms with Crippen molar-refractivity contribution in [2.75, 3.05) is 42.4 Å². The lowest BCUT2D eigenvalue weighted by molar-refractivity contribution is 0.0941. The Morgan fingerprint density at radius 3 is 2.63 bits per heavy atom. The number of hydrogen-bond acceptors (Lipinski definition) is 8. The van der Waals surface area contributed by atoms with E-state index in [-0.39, 0.29) is 11.4 Å². The molecule has 0 radical (unpaired) electrons. The van der Waals surface area contributed by atoms with Crippen molar-refractivity contribution in [1.82, 2.24) is 20.6 Å². The molecular weight excluding hydrogens is 478 g/mol. The summed E-state index contributed by atoms with van der Waals surface area (Å²) >= 11 is 0. The third kappa shape index (κ3) is 6.31. The highest BCUT2D eigenvalue weighted by atomic mass is 16.5. The summed E-state index contributed by atoms with van der Waals surface area (Å²) in [5, 5.41) is 9.84. The van der Waals surface area contributed by atoms with Gasteiger partial charge in [0.2, 0.25) is 5.95 Å². The van der Waals surface area contributed by atoms with Gasteiger partial charge in [-0.1, -0.05) is 33.6 Å². The van der Waals surface area contributed by atoms with Gasteiger partial charge in [0.1, 0.15) is 5.75 Å². The fourth-order valence-electron chi connectivity index (χ4n) is 5.83. The number of ether oxygens (including phenoxy) is 1. The highest BCUT2D eigenvalue weighted by Gasteiger charge is 2.36. The van der Waals surface area contributed by atoms with Crippen molar-refractivity contribution in [2.45, 2.75) is 90.4 Å². The van der Waals surface area contributed by atoms with Crippen LogP contribution in [0.1, 0.15) is 77.1 Å². The van der Waals surface area contributed by atoms with Gasteiger partial charge in [-0.15, -0.1) is 0 Å². The summed E-state index contributed by atoms with van der Waals surface area (Å²) in [7, 11) is 3.73. The molecule has 1 amide bonds. The third-order valence-electron chi connectivity index (χ3n) is 7.55. The van der Waals surface area contributed by atoms with Crippen molar-refractivity contribution in [3.05, 3.63) is 30.0 Å². The number of methoxy groups -OCH3 is 1. The average Bonchev–Trinajstić information content (AvgIpc) is 3.41. The van der Waals surface area contributed by atoms with E-state index in [1.807, 2.05) is 12.3 Å². The fourth-order valence-corrected chi connectivity index (χ4v) is 5.83. The summed E-state index contributed by atoms with van der Waals surface area (Å²) in [6, 6.07) is 6.70. The minimum atomic E-state index is -0.212. The lowest BCUT2D eigenvalue weighted by Crippen LogP contribution is -2.52. The molecule has 38 heavy (non-hydrogen) atoms. The van der Waals surface area contributed by atoms with Crippen LogP contribution < -0.4 is 30.5 Å². The van der Waals surface area contributed by atoms with E-state index in [4.69, 9.17) is 9.72 Å². The number of nitrogens with zero attached hydrogens (tertiary/aromatic N) is 4. The largest absolute Gasteiger partial charge is 0.495 e. The van der Waals surface area contributed by atoms with Gasteiger partial charge in [0.15, 0.2) is 5.82 Å². The van der Waals surface area contributed by atoms with Crippen LogP contribution in [-0.4, -0.2) is 66.8 Å². The van der Waals surface area contributed by atoms with Crippen LogP contribution >= 0.6 is 0 Å². The first-order chi connectivity index (χ1) is 18.1. The zero-order chi connectivity index (χ0) is 27.4. The molecule has 1 aromatic carbocycles. The topological polar surface area (TPSA) is 94.7 Å². The molecule has 2 heterocycles. The summed E-state index contributed by atoms with van der Waals surface area (Å²) in [5.41, 5.74) is 2.12. The third-order valence-corrected chi connectivity index (χ3v) is 7.55. The first-order valence-corrected chi connectivity index (χ1v) is 14.0. The number of likely N-dealkylation sites (N-methyl/N-ethyl adjacent to an activating group) is 1. The van der Waals surface area contributed by atoms with E-state index >= 15 is 0 Å². The Kier molecular flexibility index (Phi) is 8.65. The van der Waals surface area contributed by atoms with Gasteiger partial charge in [-0.3, -0.25) is 4.79 Å². The zero-order valence-electron chi connectivity index (χ0n) is 24.1. The quantitative estimate of drug-likeness (QED) is 0.412. The van der Waals surface area contributed by atoms with Crippen molar-refractivity contribution >= 4 is 29.0 Å². The second-order valence-corrected chi connectivity index (χ2v) is 11.6. The molecule has 3 N–H and O–H groups in total. The minimum Gasteiger partial charge on any atom is -0.495 e. The number of carbonyl (C=O) groups is 1. The maximum absolute atomic E-state index is 12.9. The zero-order valence-corrected chi connectivity index (χ0v) is 24.1. The van der Waals surface area contributed by atoms with Gasteiger partial charge in [0.05, 0.1) is 24.7 Å². The summed E-state index contributed by atoms with van der Waals surface area (Å²) in [5.74, 6) is 1.95. The van der Waals surface area contributed by atoms with Crippen LogP contribution in [0.4, 0.5) is 23.1 Å². The van der Waals surface area contributed by atoms with E-state index in [9.17, 15) is 4.79 Å². The molecule has 1 aliphatic carbocycles. The number of anilines is 4. The Morgan fingerprint density at radius 1 is 1.24 bits per heavy atom. The molecule has 9 nitrogen and oxygen atoms in total. The predicted octanol–water partition coefficient (Wildman–Crippen LogP) is 4.71. The van der Waals surface area contributed by atoms with Gasteiger partial charge in [-0.05, 0) is 51.3 Å². The Morgan fingerprint density at radius 2 is 1.97 bits per heavy atom. The summed E-state index contributed by atoms with van der Waals surface area (Å²) in [6.45, 7) is 12.1. The van der Waals surface area contributed by atoms with Crippen molar-refractivity contribution in [3.8, 4) is 5.75 Å². The van der Waals surface area contributed by atoms with E-state index in [0.717, 1.165) is 30.2 Å². The lowest BCUT2D eigenvalue weighted by Gasteiger charge is -2.45. The van der Waals surface area contributed by atoms with Crippen LogP contribution in [0.5, 0.6) is 5.75 Å². The number of benzene rings is 1. The van der Waals surface area contributed by atoms with Crippen molar-refractivity contribution in [2.24, 2.45) is 0 Å². The highest BCUT2D eigenvalue weighted by Crippen LogP contribution is 2.39. The Labute approximate surface area is 227 Å². The summed E-state index contributed by atoms with van der Waals surface area (Å²) in [6.07, 6.45) is 7.99. The van der Waals surface area contributed by atoms with Crippen LogP contribution in [0.3, 0.4) is 0 Å². The molecule has 4 rings (SSSR count). The van der Waals surface area contributed by atoms with Crippen LogP contribution in [0, 0.1) is 0 Å². The molecule has 1 aliphatic heterocycles. The van der Waals surface area contributed by atoms with Gasteiger partial charge < -0.3 is 30.5 Å². The average molecular weight is 524 g/mol. The second kappa shape index (κ2) is 11.8. The monoisotopic (exact) mass is 523 g/mol. The number of carbonyl (C=O) groups excluding carboxylic acids is 1. The van der Waals surface area contributed by atoms with Gasteiger partial charge >= 0.3 is 0 Å². The second-order valence-electron chi connectivity index (χ2n) is 11.6. The van der Waals surface area contributed by atoms with Gasteiger partial charge in [0.25, 0.3) is 5.91 Å². The summed E-state index contributed by atoms with van der Waals surface area (Å²) < 4.78 is 5.64. The molecule has 1 aromatic heterocycles. The predicted molar refractivity (Wildman–Crippen MR) is 155 cm³/mol. The SMILES string of the molecule is CC[C@@H]1CN(C)c2cnc(Nc3ccc(C(=O)NCC(C)(C)NC(C)C)cc3OC)nc2N1C1CCCC1. The number of fused-ring (bicyclic) bond motifs is 1. The molecule has 9 heteroatoms. The van der Waals surface area contributed by atoms with Crippen molar-refractivity contribution in [1.29, 1.82) is 0 Å². The smallest absolute Gasteiger partial charge is 0.251 e. The highest BCUT2D eigenvalue weighted by molar-refractivity contribution is 5.95. The van der Waals surface area contributed by atoms with Crippen LogP contribution in [0.15, 0.2) is 24.4 Å². The number of hydrogen-bond donors (Lipinski definition) is 3. The molecule has 1 atom stereocenters. The molecule has 0 spiro atoms. The van der Waals surface area contributed by atoms with E-state index in [0.29, 0.717) is 41.9 Å². The van der Waals surface area contributed by atoms with Gasteiger partial charge in [-0.2, -0.15) is 4.98 Å². The Bertz CT molecular complexity index is 1110. The number of nitrogens with one attached hydrogen (secondary N) is 3. The molecule has 2 aromatic rings. The van der Waals surface area contributed by atoms with E-state index < -0.39 is 0 Å². The number of amides is 1. The van der Waals surface area contributed by atoms with Crippen molar-refractivity contribution < 1.29 is 9.53 Å². The molecule has 1 saturated carbocycles. The lowest BCUT2D eigenvalue weighted by atomic mass is 10.0. The minimum absolute atomic E-state index is 0.139. The molecule has 0 unspecified atom stereocenters. The summed E-state index contributed by atoms with van der Waals surface area (Å²) in [4.78, 5) is 27.3. The number of rotatable bonds is 10. The molecule has 208 valence electrons. The Balaban J connectivity index is 1.53. The van der Waals surface area contributed by atoms with Gasteiger partial charge in [-0.25, -0.2) is 4.98 Å². The molecule has 1 fully saturated rings. The number of aromatic nitrogens is 2. The van der Waals surface area contributed by atoms with E-state index in [2.05, 4.69) is 72.4 Å². The first kappa shape index (κ1) is 28.0. The van der Waals surface area contributed by atoms with Crippen LogP contribution in [0.2, 0.25) is 0 Å². The maximum atomic E-state index is 12.9. The van der Waals surface area contributed by atoms with Crippen LogP contribution in [0.25, 0.3) is 0 Å². The first-order valence-electron chi connectivity index (χ1n) is 14.0. The molecule has 0 saturated heterocycles. The molecular formula is C29H45N7O2. The van der Waals surface area contributed by atoms with Crippen molar-refractivity contribution in [3.63, 3.8) is 0 Å². The van der Waals surface area contributed by atoms with Gasteiger partial charge in [0, 0.05) is 49.4 Å². The normalized spacial score (nSPS) is 18.1. The van der Waals surface area contributed by atoms with E-state index in [1.54, 1.807) is 19.2 Å². The molecule has 2 aliphatic rings. The standard InChI is InChI=1S/C29H45N7O2/c1-8-21-17-35(6)24-16-30-28(33-26(24)36(21)22-11-9-10-12-22)32-23-14-13-20(15-25(23)38-7)27(37)31-18-29(4,5)34-19(2)3/h13-16,19,21-22,34H,8-12,17-18H2,1-7H3,(H,31,37)(H,30,32,33)/t21-/m1/s1. The maximum Gasteiger partial charge on any atom is 0.251 e. The Hall–Kier alpha value is -3.07. The fraction of sp³-hybridized carbons (Fsp3) is 0.621. The van der Waals surface area contributed by atoms with Crippen LogP contribution in [-0.2, 0) is 0 Å².